The van der Waals surface area contributed by atoms with Gasteiger partial charge in [0.25, 0.3) is 0 Å². The third-order valence-corrected chi connectivity index (χ3v) is 7.93. The first-order valence-corrected chi connectivity index (χ1v) is 13.9. The second-order valence-corrected chi connectivity index (χ2v) is 10.6. The molecular weight excluding hydrogens is 507 g/mol. The van der Waals surface area contributed by atoms with Gasteiger partial charge in [0, 0.05) is 12.3 Å². The highest BCUT2D eigenvalue weighted by Crippen LogP contribution is 2.59. The summed E-state index contributed by atoms with van der Waals surface area (Å²) >= 11 is 0.896. The molecule has 1 fully saturated rings. The fourth-order valence-electron chi connectivity index (χ4n) is 5.39. The van der Waals surface area contributed by atoms with E-state index in [9.17, 15) is 14.3 Å². The predicted octanol–water partition coefficient (Wildman–Crippen LogP) is 7.15. The molecule has 1 saturated heterocycles. The predicted molar refractivity (Wildman–Crippen MR) is 145 cm³/mol. The minimum absolute atomic E-state index is 0.0802. The summed E-state index contributed by atoms with van der Waals surface area (Å²) in [6.45, 7) is 7.66. The lowest BCUT2D eigenvalue weighted by Crippen LogP contribution is -2.58. The molecule has 0 saturated carbocycles. The lowest BCUT2D eigenvalue weighted by atomic mass is 9.58. The van der Waals surface area contributed by atoms with E-state index < -0.39 is 28.7 Å². The van der Waals surface area contributed by atoms with Gasteiger partial charge in [0.05, 0.1) is 18.3 Å². The highest BCUT2D eigenvalue weighted by molar-refractivity contribution is 7.99. The van der Waals surface area contributed by atoms with E-state index in [1.165, 1.54) is 17.7 Å². The highest BCUT2D eigenvalue weighted by Gasteiger charge is 2.60. The van der Waals surface area contributed by atoms with Crippen molar-refractivity contribution in [3.8, 4) is 28.9 Å². The number of halogens is 1. The van der Waals surface area contributed by atoms with Gasteiger partial charge < -0.3 is 14.6 Å². The lowest BCUT2D eigenvalue weighted by Gasteiger charge is -2.55. The summed E-state index contributed by atoms with van der Waals surface area (Å²) in [6.07, 6.45) is 11.0. The molecule has 38 heavy (non-hydrogen) atoms. The van der Waals surface area contributed by atoms with Crippen LogP contribution in [-0.4, -0.2) is 23.3 Å². The standard InChI is InChI=1S/C30H37FO6S/c1-5-19-38-37-35-18-12-10-8-7-9-11-13-22-16-17-30(28(33)34-6-2)21-24(22)27(36-29(30,3)4)23-14-15-26(32)25(31)20-23/h14-16,20,24,27,32H,6-11,13,17,21H2,1-4H3. The van der Waals surface area contributed by atoms with Crippen LogP contribution in [0.5, 0.6) is 5.75 Å². The van der Waals surface area contributed by atoms with Crippen LogP contribution >= 0.6 is 12.0 Å². The maximum Gasteiger partial charge on any atom is 0.315 e. The smallest absolute Gasteiger partial charge is 0.315 e. The van der Waals surface area contributed by atoms with Crippen molar-refractivity contribution >= 4 is 18.0 Å². The number of aromatic hydroxyl groups is 1. The van der Waals surface area contributed by atoms with E-state index in [0.717, 1.165) is 50.6 Å². The summed E-state index contributed by atoms with van der Waals surface area (Å²) in [5.74, 6) is 4.19. The summed E-state index contributed by atoms with van der Waals surface area (Å²) in [4.78, 5) is 17.9. The summed E-state index contributed by atoms with van der Waals surface area (Å²) in [5.41, 5.74) is 0.287. The number of allylic oxidation sites excluding steroid dienone is 1. The van der Waals surface area contributed by atoms with Crippen LogP contribution < -0.4 is 0 Å². The first-order chi connectivity index (χ1) is 18.3. The molecule has 1 aromatic rings. The van der Waals surface area contributed by atoms with E-state index in [0.29, 0.717) is 25.0 Å². The van der Waals surface area contributed by atoms with E-state index in [4.69, 9.17) is 18.7 Å². The van der Waals surface area contributed by atoms with Gasteiger partial charge in [-0.05, 0) is 82.7 Å². The van der Waals surface area contributed by atoms with E-state index in [2.05, 4.69) is 29.3 Å². The number of unbranched alkanes of at least 4 members (excludes halogenated alkanes) is 4. The maximum atomic E-state index is 14.3. The van der Waals surface area contributed by atoms with Crippen LogP contribution in [0.15, 0.2) is 29.8 Å². The first kappa shape index (κ1) is 29.9. The molecule has 8 heteroatoms. The fraction of sp³-hybridized carbons (Fsp3) is 0.567. The average Bonchev–Trinajstić information content (AvgIpc) is 2.89. The van der Waals surface area contributed by atoms with Gasteiger partial charge in [0.1, 0.15) is 17.5 Å². The van der Waals surface area contributed by atoms with Gasteiger partial charge in [-0.15, -0.1) is 0 Å². The average molecular weight is 545 g/mol. The Bertz CT molecular complexity index is 1130. The number of rotatable bonds is 11. The lowest BCUT2D eigenvalue weighted by molar-refractivity contribution is -0.225. The SMILES string of the molecule is CC#CSOOC#CCCCCCCC1=CCC2(C(=O)OCC)CC1C(c1ccc(O)c(F)c1)OC2(C)C. The third kappa shape index (κ3) is 7.05. The van der Waals surface area contributed by atoms with E-state index >= 15 is 0 Å². The van der Waals surface area contributed by atoms with Crippen LogP contribution in [0.25, 0.3) is 0 Å². The number of phenolic OH excluding ortho intramolecular Hbond substituents is 1. The number of hydrogen-bond donors (Lipinski definition) is 1. The summed E-state index contributed by atoms with van der Waals surface area (Å²) < 4.78 is 31.1. The van der Waals surface area contributed by atoms with Crippen molar-refractivity contribution in [2.24, 2.45) is 11.3 Å². The monoisotopic (exact) mass is 544 g/mol. The zero-order chi connectivity index (χ0) is 27.6. The van der Waals surface area contributed by atoms with Crippen LogP contribution in [0.4, 0.5) is 4.39 Å². The molecule has 6 nitrogen and oxygen atoms in total. The van der Waals surface area contributed by atoms with Gasteiger partial charge in [-0.1, -0.05) is 46.7 Å². The Balaban J connectivity index is 1.64. The van der Waals surface area contributed by atoms with Crippen LogP contribution in [0.2, 0.25) is 0 Å². The molecule has 0 radical (unpaired) electrons. The first-order valence-electron chi connectivity index (χ1n) is 13.2. The molecule has 0 amide bonds. The van der Waals surface area contributed by atoms with E-state index in [1.807, 2.05) is 20.8 Å². The zero-order valence-electron chi connectivity index (χ0n) is 22.6. The second kappa shape index (κ2) is 13.9. The Morgan fingerprint density at radius 1 is 1.26 bits per heavy atom. The van der Waals surface area contributed by atoms with Gasteiger partial charge in [0.2, 0.25) is 0 Å². The molecule has 1 N–H and O–H groups in total. The molecule has 3 atom stereocenters. The third-order valence-electron chi connectivity index (χ3n) is 7.51. The van der Waals surface area contributed by atoms with Crippen molar-refractivity contribution in [2.75, 3.05) is 6.61 Å². The van der Waals surface area contributed by atoms with Gasteiger partial charge in [-0.25, -0.2) is 4.39 Å². The molecule has 0 spiro atoms. The van der Waals surface area contributed by atoms with E-state index in [-0.39, 0.29) is 11.9 Å². The second-order valence-electron chi connectivity index (χ2n) is 10.1. The highest BCUT2D eigenvalue weighted by atomic mass is 32.2. The molecule has 206 valence electrons. The Hall–Kier alpha value is -2.65. The fourth-order valence-corrected chi connectivity index (χ4v) is 5.58. The molecule has 1 aromatic carbocycles. The Kier molecular flexibility index (Phi) is 11.0. The number of carbonyl (C=O) groups is 1. The van der Waals surface area contributed by atoms with Crippen molar-refractivity contribution in [3.63, 3.8) is 0 Å². The molecule has 3 rings (SSSR count). The number of phenols is 1. The van der Waals surface area contributed by atoms with E-state index in [1.54, 1.807) is 13.0 Å². The molecular formula is C30H37FO6S. The van der Waals surface area contributed by atoms with Crippen LogP contribution in [0.3, 0.4) is 0 Å². The number of carbonyl (C=O) groups excluding carboxylic acids is 1. The minimum Gasteiger partial charge on any atom is -0.505 e. The number of esters is 1. The van der Waals surface area contributed by atoms with Gasteiger partial charge in [0.15, 0.2) is 17.7 Å². The van der Waals surface area contributed by atoms with Crippen LogP contribution in [0, 0.1) is 40.3 Å². The molecule has 0 aromatic heterocycles. The van der Waals surface area contributed by atoms with Gasteiger partial charge in [-0.3, -0.25) is 9.68 Å². The molecule has 1 heterocycles. The zero-order valence-corrected chi connectivity index (χ0v) is 23.4. The molecule has 2 bridgehead atoms. The largest absolute Gasteiger partial charge is 0.505 e. The van der Waals surface area contributed by atoms with Gasteiger partial charge >= 0.3 is 5.97 Å². The number of fused-ring (bicyclic) bond motifs is 2. The topological polar surface area (TPSA) is 74.2 Å². The van der Waals surface area contributed by atoms with Crippen molar-refractivity contribution < 1.29 is 33.0 Å². The normalized spacial score (nSPS) is 23.2. The summed E-state index contributed by atoms with van der Waals surface area (Å²) in [5, 5.41) is 12.3. The minimum atomic E-state index is -0.811. The van der Waals surface area contributed by atoms with Gasteiger partial charge in [-0.2, -0.15) is 0 Å². The molecule has 1 aliphatic carbocycles. The van der Waals surface area contributed by atoms with Crippen molar-refractivity contribution in [1.82, 2.24) is 0 Å². The number of benzene rings is 1. The van der Waals surface area contributed by atoms with Crippen LogP contribution in [0.1, 0.15) is 90.7 Å². The quantitative estimate of drug-likeness (QED) is 0.0603. The maximum absolute atomic E-state index is 14.3. The molecule has 2 aliphatic rings. The van der Waals surface area contributed by atoms with Crippen LogP contribution in [-0.2, 0) is 23.5 Å². The molecule has 3 unspecified atom stereocenters. The van der Waals surface area contributed by atoms with Crippen molar-refractivity contribution in [2.45, 2.75) is 90.8 Å². The van der Waals surface area contributed by atoms with Crippen molar-refractivity contribution in [3.05, 3.63) is 41.2 Å². The molecule has 1 aliphatic heterocycles. The Morgan fingerprint density at radius 2 is 2.05 bits per heavy atom. The summed E-state index contributed by atoms with van der Waals surface area (Å²) in [7, 11) is 0. The number of ether oxygens (including phenoxy) is 2. The van der Waals surface area contributed by atoms with Crippen molar-refractivity contribution in [1.29, 1.82) is 0 Å². The summed E-state index contributed by atoms with van der Waals surface area (Å²) in [6, 6.07) is 4.40. The Labute approximate surface area is 229 Å². The number of hydrogen-bond acceptors (Lipinski definition) is 7. The Morgan fingerprint density at radius 3 is 2.79 bits per heavy atom.